The number of methoxy groups -OCH3 is 1. The van der Waals surface area contributed by atoms with Gasteiger partial charge in [-0.1, -0.05) is 25.7 Å². The molecule has 1 heterocycles. The van der Waals surface area contributed by atoms with E-state index in [9.17, 15) is 14.7 Å². The highest BCUT2D eigenvalue weighted by Gasteiger charge is 2.20. The van der Waals surface area contributed by atoms with Gasteiger partial charge in [0.25, 0.3) is 0 Å². The van der Waals surface area contributed by atoms with Crippen molar-refractivity contribution in [1.29, 1.82) is 0 Å². The number of aromatic nitrogens is 1. The van der Waals surface area contributed by atoms with Gasteiger partial charge < -0.3 is 14.4 Å². The summed E-state index contributed by atoms with van der Waals surface area (Å²) in [5.41, 5.74) is -0.331. The Morgan fingerprint density at radius 2 is 1.95 bits per heavy atom. The Labute approximate surface area is 111 Å². The van der Waals surface area contributed by atoms with Gasteiger partial charge in [0.05, 0.1) is 13.3 Å². The van der Waals surface area contributed by atoms with E-state index in [-0.39, 0.29) is 22.9 Å². The van der Waals surface area contributed by atoms with E-state index < -0.39 is 5.97 Å². The molecule has 5 nitrogen and oxygen atoms in total. The summed E-state index contributed by atoms with van der Waals surface area (Å²) < 4.78 is 6.72. The van der Waals surface area contributed by atoms with Gasteiger partial charge in [-0.25, -0.2) is 4.79 Å². The van der Waals surface area contributed by atoms with E-state index >= 15 is 0 Å². The molecule has 0 aromatic carbocycles. The summed E-state index contributed by atoms with van der Waals surface area (Å²) in [6, 6.07) is 1.30. The lowest BCUT2D eigenvalue weighted by Crippen LogP contribution is -2.21. The lowest BCUT2D eigenvalue weighted by atomic mass is 10.1. The molecule has 0 atom stereocenters. The van der Waals surface area contributed by atoms with Gasteiger partial charge in [0.15, 0.2) is 5.75 Å². The maximum absolute atomic E-state index is 11.7. The minimum Gasteiger partial charge on any atom is -0.491 e. The van der Waals surface area contributed by atoms with E-state index in [0.717, 1.165) is 31.7 Å². The Morgan fingerprint density at radius 1 is 1.32 bits per heavy atom. The molecule has 1 N–H and O–H groups in total. The summed E-state index contributed by atoms with van der Waals surface area (Å²) in [7, 11) is 1.43. The number of nitrogens with zero attached hydrogens (tertiary/aromatic N) is 1. The number of rotatable bonds is 3. The lowest BCUT2D eigenvalue weighted by molar-refractivity contribution is 0.0680. The number of carboxylic acid groups (broad SMARTS) is 1. The SMILES string of the molecule is COc1cn(C2CCCCCC2)c(C(=O)O)cc1=O. The van der Waals surface area contributed by atoms with Gasteiger partial charge in [-0.3, -0.25) is 4.79 Å². The number of hydrogen-bond donors (Lipinski definition) is 1. The van der Waals surface area contributed by atoms with Crippen molar-refractivity contribution < 1.29 is 14.6 Å². The van der Waals surface area contributed by atoms with Gasteiger partial charge in [0.1, 0.15) is 5.69 Å². The Bertz CT molecular complexity index is 513. The van der Waals surface area contributed by atoms with Gasteiger partial charge in [-0.2, -0.15) is 0 Å². The van der Waals surface area contributed by atoms with E-state index in [1.54, 1.807) is 10.8 Å². The third-order valence-corrected chi connectivity index (χ3v) is 3.70. The first-order chi connectivity index (χ1) is 9.13. The Kier molecular flexibility index (Phi) is 4.24. The number of carboxylic acids is 1. The van der Waals surface area contributed by atoms with Crippen molar-refractivity contribution in [3.8, 4) is 5.75 Å². The summed E-state index contributed by atoms with van der Waals surface area (Å²) in [5, 5.41) is 9.25. The van der Waals surface area contributed by atoms with E-state index in [1.807, 2.05) is 0 Å². The van der Waals surface area contributed by atoms with Gasteiger partial charge in [-0.15, -0.1) is 0 Å². The predicted molar refractivity (Wildman–Crippen MR) is 71.0 cm³/mol. The molecule has 1 aliphatic rings. The molecule has 0 spiro atoms. The normalized spacial score (nSPS) is 16.9. The van der Waals surface area contributed by atoms with Crippen LogP contribution in [0, 0.1) is 0 Å². The first kappa shape index (κ1) is 13.6. The number of ether oxygens (including phenoxy) is 1. The summed E-state index contributed by atoms with van der Waals surface area (Å²) in [4.78, 5) is 23.0. The fourth-order valence-corrected chi connectivity index (χ4v) is 2.69. The fraction of sp³-hybridized carbons (Fsp3) is 0.571. The molecule has 1 aromatic rings. The molecule has 1 aliphatic carbocycles. The average Bonchev–Trinajstić information content (AvgIpc) is 2.67. The highest BCUT2D eigenvalue weighted by Crippen LogP contribution is 2.28. The summed E-state index contributed by atoms with van der Waals surface area (Å²) in [5.74, 6) is -0.863. The first-order valence-electron chi connectivity index (χ1n) is 6.67. The quantitative estimate of drug-likeness (QED) is 0.852. The van der Waals surface area contributed by atoms with Crippen molar-refractivity contribution >= 4 is 5.97 Å². The van der Waals surface area contributed by atoms with Crippen LogP contribution < -0.4 is 10.2 Å². The van der Waals surface area contributed by atoms with Crippen molar-refractivity contribution in [3.05, 3.63) is 28.2 Å². The highest BCUT2D eigenvalue weighted by molar-refractivity contribution is 5.85. The minimum atomic E-state index is -1.07. The molecule has 0 bridgehead atoms. The van der Waals surface area contributed by atoms with Gasteiger partial charge in [0.2, 0.25) is 5.43 Å². The zero-order valence-corrected chi connectivity index (χ0v) is 11.1. The van der Waals surface area contributed by atoms with Crippen LogP contribution in [0.3, 0.4) is 0 Å². The monoisotopic (exact) mass is 265 g/mol. The molecule has 1 saturated carbocycles. The molecule has 0 unspecified atom stereocenters. The third-order valence-electron chi connectivity index (χ3n) is 3.70. The highest BCUT2D eigenvalue weighted by atomic mass is 16.5. The lowest BCUT2D eigenvalue weighted by Gasteiger charge is -2.21. The average molecular weight is 265 g/mol. The number of hydrogen-bond acceptors (Lipinski definition) is 3. The van der Waals surface area contributed by atoms with Crippen molar-refractivity contribution in [2.45, 2.75) is 44.6 Å². The van der Waals surface area contributed by atoms with E-state index in [2.05, 4.69) is 0 Å². The molecule has 1 fully saturated rings. The summed E-state index contributed by atoms with van der Waals surface area (Å²) in [6.07, 6.45) is 8.02. The van der Waals surface area contributed by atoms with Crippen LogP contribution in [0.1, 0.15) is 55.1 Å². The van der Waals surface area contributed by atoms with Gasteiger partial charge >= 0.3 is 5.97 Å². The zero-order valence-electron chi connectivity index (χ0n) is 11.1. The van der Waals surface area contributed by atoms with Gasteiger partial charge in [-0.05, 0) is 12.8 Å². The second-order valence-corrected chi connectivity index (χ2v) is 4.95. The largest absolute Gasteiger partial charge is 0.491 e. The Balaban J connectivity index is 2.46. The summed E-state index contributed by atoms with van der Waals surface area (Å²) in [6.45, 7) is 0. The molecule has 104 valence electrons. The van der Waals surface area contributed by atoms with Crippen LogP contribution in [0.15, 0.2) is 17.1 Å². The maximum Gasteiger partial charge on any atom is 0.352 e. The van der Waals surface area contributed by atoms with Crippen molar-refractivity contribution in [2.24, 2.45) is 0 Å². The van der Waals surface area contributed by atoms with Crippen LogP contribution in [0.2, 0.25) is 0 Å². The first-order valence-corrected chi connectivity index (χ1v) is 6.67. The number of pyridine rings is 1. The number of aromatic carboxylic acids is 1. The molecule has 0 radical (unpaired) electrons. The molecule has 19 heavy (non-hydrogen) atoms. The second kappa shape index (κ2) is 5.91. The molecule has 2 rings (SSSR count). The van der Waals surface area contributed by atoms with Crippen molar-refractivity contribution in [3.63, 3.8) is 0 Å². The van der Waals surface area contributed by atoms with E-state index in [1.165, 1.54) is 20.0 Å². The van der Waals surface area contributed by atoms with Crippen LogP contribution in [0.25, 0.3) is 0 Å². The van der Waals surface area contributed by atoms with Crippen molar-refractivity contribution in [1.82, 2.24) is 4.57 Å². The maximum atomic E-state index is 11.7. The number of carbonyl (C=O) groups is 1. The van der Waals surface area contributed by atoms with Crippen LogP contribution in [0.4, 0.5) is 0 Å². The zero-order chi connectivity index (χ0) is 13.8. The van der Waals surface area contributed by atoms with E-state index in [0.29, 0.717) is 0 Å². The van der Waals surface area contributed by atoms with Crippen molar-refractivity contribution in [2.75, 3.05) is 7.11 Å². The Morgan fingerprint density at radius 3 is 2.47 bits per heavy atom. The molecule has 1 aromatic heterocycles. The van der Waals surface area contributed by atoms with E-state index in [4.69, 9.17) is 4.74 Å². The molecular weight excluding hydrogens is 246 g/mol. The molecule has 0 aliphatic heterocycles. The molecule has 5 heteroatoms. The van der Waals surface area contributed by atoms with Crippen LogP contribution in [0.5, 0.6) is 5.75 Å². The molecule has 0 amide bonds. The van der Waals surface area contributed by atoms with Crippen LogP contribution >= 0.6 is 0 Å². The van der Waals surface area contributed by atoms with Crippen LogP contribution in [-0.2, 0) is 0 Å². The molecular formula is C14H19NO4. The summed E-state index contributed by atoms with van der Waals surface area (Å²) >= 11 is 0. The predicted octanol–water partition coefficient (Wildman–Crippen LogP) is 2.45. The fourth-order valence-electron chi connectivity index (χ4n) is 2.69. The Hall–Kier alpha value is -1.78. The minimum absolute atomic E-state index is 0.0534. The van der Waals surface area contributed by atoms with Crippen LogP contribution in [-0.4, -0.2) is 22.8 Å². The second-order valence-electron chi connectivity index (χ2n) is 4.95. The third kappa shape index (κ3) is 2.97. The van der Waals surface area contributed by atoms with Gasteiger partial charge in [0, 0.05) is 12.1 Å². The molecule has 0 saturated heterocycles. The smallest absolute Gasteiger partial charge is 0.352 e. The standard InChI is InChI=1S/C14H19NO4/c1-19-13-9-15(10-6-4-2-3-5-7-10)11(14(17)18)8-12(13)16/h8-10H,2-7H2,1H3,(H,17,18). The topological polar surface area (TPSA) is 68.5 Å².